The van der Waals surface area contributed by atoms with E-state index in [2.05, 4.69) is 11.0 Å². The van der Waals surface area contributed by atoms with Gasteiger partial charge in [0.05, 0.1) is 5.69 Å². The predicted molar refractivity (Wildman–Crippen MR) is 95.9 cm³/mol. The maximum Gasteiger partial charge on any atom is 0.357 e. The summed E-state index contributed by atoms with van der Waals surface area (Å²) < 4.78 is 5.64. The molecule has 1 fully saturated rings. The topological polar surface area (TPSA) is 33.5 Å². The fourth-order valence-electron chi connectivity index (χ4n) is 3.48. The van der Waals surface area contributed by atoms with Gasteiger partial charge in [-0.3, -0.25) is 0 Å². The largest absolute Gasteiger partial charge is 0.421 e. The fourth-order valence-corrected chi connectivity index (χ4v) is 4.76. The van der Waals surface area contributed by atoms with Crippen LogP contribution in [-0.4, -0.2) is 18.8 Å². The average molecular weight is 348 g/mol. The van der Waals surface area contributed by atoms with E-state index in [0.717, 1.165) is 54.9 Å². The van der Waals surface area contributed by atoms with E-state index in [1.807, 2.05) is 30.0 Å². The van der Waals surface area contributed by atoms with E-state index < -0.39 is 5.63 Å². The van der Waals surface area contributed by atoms with Crippen molar-refractivity contribution in [2.24, 2.45) is 0 Å². The van der Waals surface area contributed by atoms with Crippen LogP contribution in [0.15, 0.2) is 38.4 Å². The van der Waals surface area contributed by atoms with Gasteiger partial charge in [0.15, 0.2) is 0 Å². The first-order chi connectivity index (χ1) is 11.3. The van der Waals surface area contributed by atoms with Crippen molar-refractivity contribution in [1.82, 2.24) is 0 Å². The highest BCUT2D eigenvalue weighted by atomic mass is 35.5. The first-order valence-electron chi connectivity index (χ1n) is 8.08. The van der Waals surface area contributed by atoms with E-state index in [9.17, 15) is 4.79 Å². The van der Waals surface area contributed by atoms with Gasteiger partial charge < -0.3 is 9.32 Å². The zero-order chi connectivity index (χ0) is 15.8. The van der Waals surface area contributed by atoms with Crippen LogP contribution in [0.4, 0.5) is 5.69 Å². The van der Waals surface area contributed by atoms with E-state index in [4.69, 9.17) is 16.0 Å². The number of halogens is 1. The average Bonchev–Trinajstić information content (AvgIpc) is 2.76. The van der Waals surface area contributed by atoms with Crippen LogP contribution in [0, 0.1) is 0 Å². The maximum absolute atomic E-state index is 12.3. The van der Waals surface area contributed by atoms with Gasteiger partial charge in [-0.05, 0) is 31.7 Å². The molecule has 23 heavy (non-hydrogen) atoms. The van der Waals surface area contributed by atoms with Crippen LogP contribution in [0.5, 0.6) is 0 Å². The van der Waals surface area contributed by atoms with Crippen molar-refractivity contribution in [2.45, 2.75) is 30.6 Å². The quantitative estimate of drug-likeness (QED) is 0.755. The number of hydrogen-bond acceptors (Lipinski definition) is 4. The van der Waals surface area contributed by atoms with Crippen LogP contribution in [0.3, 0.4) is 0 Å². The van der Waals surface area contributed by atoms with E-state index in [1.165, 1.54) is 11.3 Å². The first-order valence-corrected chi connectivity index (χ1v) is 9.44. The zero-order valence-corrected chi connectivity index (χ0v) is 14.4. The second-order valence-corrected chi connectivity index (χ2v) is 7.52. The Labute approximate surface area is 144 Å². The Hall–Kier alpha value is -1.39. The minimum Gasteiger partial charge on any atom is -0.421 e. The number of nitrogens with zero attached hydrogens (tertiary/aromatic N) is 1. The van der Waals surface area contributed by atoms with E-state index in [0.29, 0.717) is 5.76 Å². The molecule has 5 heteroatoms. The van der Waals surface area contributed by atoms with E-state index in [1.54, 1.807) is 0 Å². The van der Waals surface area contributed by atoms with Crippen LogP contribution in [-0.2, 0) is 6.42 Å². The van der Waals surface area contributed by atoms with Gasteiger partial charge in [-0.15, -0.1) is 11.8 Å². The Morgan fingerprint density at radius 1 is 1.13 bits per heavy atom. The summed E-state index contributed by atoms with van der Waals surface area (Å²) >= 11 is 8.20. The summed E-state index contributed by atoms with van der Waals surface area (Å²) in [6, 6.07) is 8.13. The van der Waals surface area contributed by atoms with Crippen molar-refractivity contribution in [3.8, 4) is 11.3 Å². The molecule has 4 rings (SSSR count). The third-order valence-corrected chi connectivity index (χ3v) is 5.96. The van der Waals surface area contributed by atoms with Crippen molar-refractivity contribution in [3.05, 3.63) is 45.3 Å². The van der Waals surface area contributed by atoms with Gasteiger partial charge in [-0.25, -0.2) is 4.79 Å². The maximum atomic E-state index is 12.3. The van der Waals surface area contributed by atoms with Crippen LogP contribution in [0.1, 0.15) is 24.8 Å². The van der Waals surface area contributed by atoms with Crippen molar-refractivity contribution in [3.63, 3.8) is 0 Å². The predicted octanol–water partition coefficient (Wildman–Crippen LogP) is 4.60. The van der Waals surface area contributed by atoms with Gasteiger partial charge in [0.25, 0.3) is 0 Å². The van der Waals surface area contributed by atoms with Crippen LogP contribution in [0.2, 0.25) is 5.02 Å². The number of rotatable bonds is 1. The van der Waals surface area contributed by atoms with Crippen LogP contribution < -0.4 is 10.5 Å². The van der Waals surface area contributed by atoms with E-state index in [-0.39, 0.29) is 5.02 Å². The van der Waals surface area contributed by atoms with E-state index >= 15 is 0 Å². The Bertz CT molecular complexity index is 796. The molecule has 0 bridgehead atoms. The monoisotopic (exact) mass is 347 g/mol. The fraction of sp³-hybridized carbons (Fsp3) is 0.389. The van der Waals surface area contributed by atoms with Crippen molar-refractivity contribution in [2.75, 3.05) is 23.7 Å². The van der Waals surface area contributed by atoms with Gasteiger partial charge in [0, 0.05) is 34.9 Å². The van der Waals surface area contributed by atoms with Gasteiger partial charge in [0.1, 0.15) is 10.8 Å². The lowest BCUT2D eigenvalue weighted by Crippen LogP contribution is -2.32. The highest BCUT2D eigenvalue weighted by molar-refractivity contribution is 7.99. The first kappa shape index (κ1) is 15.2. The molecule has 0 radical (unpaired) electrons. The summed E-state index contributed by atoms with van der Waals surface area (Å²) in [5.74, 6) is 1.68. The summed E-state index contributed by atoms with van der Waals surface area (Å²) in [5.41, 5.74) is 2.59. The summed E-state index contributed by atoms with van der Waals surface area (Å²) in [4.78, 5) is 15.8. The van der Waals surface area contributed by atoms with Gasteiger partial charge in [-0.1, -0.05) is 29.8 Å². The smallest absolute Gasteiger partial charge is 0.357 e. The molecule has 0 saturated carbocycles. The standard InChI is InChI=1S/C18H18ClNO2S/c19-15-16(20-9-4-1-5-10-20)13-8-11-23-14-7-3-2-6-12(14)17(13)22-18(15)21/h2-3,6-7H,1,4-5,8-11H2. The number of benzene rings is 1. The van der Waals surface area contributed by atoms with Gasteiger partial charge >= 0.3 is 5.63 Å². The summed E-state index contributed by atoms with van der Waals surface area (Å²) in [5, 5.41) is 0.245. The molecular formula is C18H18ClNO2S. The molecule has 1 saturated heterocycles. The third kappa shape index (κ3) is 2.68. The van der Waals surface area contributed by atoms with Gasteiger partial charge in [0.2, 0.25) is 0 Å². The van der Waals surface area contributed by atoms with Crippen molar-refractivity contribution >= 4 is 29.1 Å². The van der Waals surface area contributed by atoms with Crippen LogP contribution >= 0.6 is 23.4 Å². The Kier molecular flexibility index (Phi) is 4.12. The lowest BCUT2D eigenvalue weighted by atomic mass is 10.0. The lowest BCUT2D eigenvalue weighted by molar-refractivity contribution is 0.515. The van der Waals surface area contributed by atoms with Crippen molar-refractivity contribution in [1.29, 1.82) is 0 Å². The summed E-state index contributed by atoms with van der Waals surface area (Å²) in [6.07, 6.45) is 4.41. The molecule has 0 atom stereocenters. The number of anilines is 1. The molecule has 0 aliphatic carbocycles. The lowest BCUT2D eigenvalue weighted by Gasteiger charge is -2.31. The number of piperidine rings is 1. The number of thioether (sulfide) groups is 1. The third-order valence-electron chi connectivity index (χ3n) is 4.56. The molecule has 1 aromatic carbocycles. The molecule has 2 aliphatic heterocycles. The second kappa shape index (κ2) is 6.25. The van der Waals surface area contributed by atoms with Crippen LogP contribution in [0.25, 0.3) is 11.3 Å². The molecule has 0 N–H and O–H groups in total. The highest BCUT2D eigenvalue weighted by Gasteiger charge is 2.27. The molecule has 2 aromatic rings. The van der Waals surface area contributed by atoms with Crippen molar-refractivity contribution < 1.29 is 4.42 Å². The normalized spacial score (nSPS) is 17.3. The molecule has 0 amide bonds. The number of hydrogen-bond donors (Lipinski definition) is 0. The molecule has 120 valence electrons. The zero-order valence-electron chi connectivity index (χ0n) is 12.8. The number of fused-ring (bicyclic) bond motifs is 3. The minimum absolute atomic E-state index is 0.245. The molecule has 3 heterocycles. The summed E-state index contributed by atoms with van der Waals surface area (Å²) in [7, 11) is 0. The summed E-state index contributed by atoms with van der Waals surface area (Å²) in [6.45, 7) is 1.93. The highest BCUT2D eigenvalue weighted by Crippen LogP contribution is 2.42. The van der Waals surface area contributed by atoms with Gasteiger partial charge in [-0.2, -0.15) is 0 Å². The Morgan fingerprint density at radius 3 is 2.74 bits per heavy atom. The second-order valence-electron chi connectivity index (χ2n) is 6.00. The molecule has 0 unspecified atom stereocenters. The SMILES string of the molecule is O=c1oc2c(c(N3CCCCC3)c1Cl)CCSc1ccccc1-2. The molecular weight excluding hydrogens is 330 g/mol. The molecule has 1 aromatic heterocycles. The molecule has 2 aliphatic rings. The Morgan fingerprint density at radius 2 is 1.91 bits per heavy atom. The Balaban J connectivity index is 1.95. The molecule has 3 nitrogen and oxygen atoms in total. The minimum atomic E-state index is -0.423. The molecule has 0 spiro atoms.